The second-order valence-electron chi connectivity index (χ2n) is 10.6. The van der Waals surface area contributed by atoms with E-state index in [9.17, 15) is 0 Å². The number of nitrogens with zero attached hydrogens (tertiary/aromatic N) is 4. The maximum Gasteiger partial charge on any atom is 0.252 e. The van der Waals surface area contributed by atoms with Gasteiger partial charge in [-0.2, -0.15) is 0 Å². The number of benzene rings is 4. The first-order valence-electron chi connectivity index (χ1n) is 13.4. The summed E-state index contributed by atoms with van der Waals surface area (Å²) in [5.74, 6) is 0. The molecule has 5 heteroatoms. The number of hydrogen-bond donors (Lipinski definition) is 0. The van der Waals surface area contributed by atoms with E-state index < -0.39 is 0 Å². The summed E-state index contributed by atoms with van der Waals surface area (Å²) in [5.41, 5.74) is 13.3. The zero-order valence-electron chi connectivity index (χ0n) is 20.8. The molecule has 4 nitrogen and oxygen atoms in total. The Balaban J connectivity index is 1.49. The Morgan fingerprint density at radius 1 is 0.487 bits per heavy atom. The Morgan fingerprint density at radius 3 is 1.59 bits per heavy atom. The van der Waals surface area contributed by atoms with Gasteiger partial charge >= 0.3 is 0 Å². The van der Waals surface area contributed by atoms with Gasteiger partial charge in [-0.1, -0.05) is 66.7 Å². The lowest BCUT2D eigenvalue weighted by atomic mass is 9.34. The van der Waals surface area contributed by atoms with Crippen molar-refractivity contribution in [1.29, 1.82) is 0 Å². The lowest BCUT2D eigenvalue weighted by molar-refractivity contribution is 1.11. The van der Waals surface area contributed by atoms with Crippen LogP contribution in [-0.2, 0) is 0 Å². The molecule has 4 aromatic heterocycles. The van der Waals surface area contributed by atoms with Gasteiger partial charge in [-0.05, 0) is 63.9 Å². The molecule has 0 spiro atoms. The van der Waals surface area contributed by atoms with Gasteiger partial charge in [-0.25, -0.2) is 9.97 Å². The van der Waals surface area contributed by atoms with Gasteiger partial charge in [-0.15, -0.1) is 0 Å². The lowest BCUT2D eigenvalue weighted by Crippen LogP contribution is -2.59. The predicted molar refractivity (Wildman–Crippen MR) is 161 cm³/mol. The summed E-state index contributed by atoms with van der Waals surface area (Å²) >= 11 is 0. The Morgan fingerprint density at radius 2 is 1.03 bits per heavy atom. The smallest absolute Gasteiger partial charge is 0.252 e. The summed E-state index contributed by atoms with van der Waals surface area (Å²) in [6, 6.07) is 37.5. The van der Waals surface area contributed by atoms with Crippen LogP contribution in [-0.4, -0.2) is 25.8 Å². The molecule has 2 aliphatic heterocycles. The highest BCUT2D eigenvalue weighted by atomic mass is 15.1. The van der Waals surface area contributed by atoms with Crippen LogP contribution in [0, 0.1) is 0 Å². The van der Waals surface area contributed by atoms with Crippen molar-refractivity contribution in [3.8, 4) is 22.5 Å². The van der Waals surface area contributed by atoms with E-state index in [1.54, 1.807) is 0 Å². The minimum Gasteiger partial charge on any atom is -0.295 e. The van der Waals surface area contributed by atoms with Gasteiger partial charge in [-0.3, -0.25) is 9.13 Å². The summed E-state index contributed by atoms with van der Waals surface area (Å²) < 4.78 is 4.82. The highest BCUT2D eigenvalue weighted by Crippen LogP contribution is 2.39. The number of fused-ring (bicyclic) bond motifs is 10. The average Bonchev–Trinajstić information content (AvgIpc) is 3.52. The third kappa shape index (κ3) is 2.29. The molecule has 0 unspecified atom stereocenters. The van der Waals surface area contributed by atoms with Crippen molar-refractivity contribution >= 4 is 67.0 Å². The van der Waals surface area contributed by atoms with Crippen molar-refractivity contribution in [1.82, 2.24) is 19.1 Å². The molecule has 39 heavy (non-hydrogen) atoms. The largest absolute Gasteiger partial charge is 0.295 e. The number of para-hydroxylation sites is 2. The molecule has 6 heterocycles. The predicted octanol–water partition coefficient (Wildman–Crippen LogP) is 5.48. The molecule has 10 rings (SSSR count). The van der Waals surface area contributed by atoms with E-state index in [4.69, 9.17) is 9.97 Å². The Kier molecular flexibility index (Phi) is 3.48. The minimum atomic E-state index is 0.126. The third-order valence-electron chi connectivity index (χ3n) is 8.79. The average molecular weight is 494 g/mol. The second kappa shape index (κ2) is 6.83. The molecular weight excluding hydrogens is 475 g/mol. The molecule has 0 saturated carbocycles. The molecule has 0 aliphatic carbocycles. The lowest BCUT2D eigenvalue weighted by Gasteiger charge is -2.33. The van der Waals surface area contributed by atoms with Gasteiger partial charge in [0, 0.05) is 45.3 Å². The first-order chi connectivity index (χ1) is 19.4. The van der Waals surface area contributed by atoms with Crippen LogP contribution in [0.3, 0.4) is 0 Å². The van der Waals surface area contributed by atoms with Crippen LogP contribution in [0.25, 0.3) is 66.4 Å². The summed E-state index contributed by atoms with van der Waals surface area (Å²) in [6.45, 7) is 0.126. The summed E-state index contributed by atoms with van der Waals surface area (Å²) in [4.78, 5) is 9.86. The molecular formula is C34H19BN4. The summed E-state index contributed by atoms with van der Waals surface area (Å²) in [6.07, 6.45) is 3.82. The van der Waals surface area contributed by atoms with E-state index in [1.165, 1.54) is 71.5 Å². The fourth-order valence-corrected chi connectivity index (χ4v) is 7.34. The zero-order chi connectivity index (χ0) is 25.2. The highest BCUT2D eigenvalue weighted by molar-refractivity contribution is 7.00. The first-order valence-corrected chi connectivity index (χ1v) is 13.4. The molecule has 8 aromatic rings. The van der Waals surface area contributed by atoms with Crippen LogP contribution in [0.5, 0.6) is 0 Å². The van der Waals surface area contributed by atoms with E-state index in [0.717, 1.165) is 11.3 Å². The van der Waals surface area contributed by atoms with Crippen molar-refractivity contribution in [2.45, 2.75) is 0 Å². The molecule has 0 amide bonds. The second-order valence-corrected chi connectivity index (χ2v) is 10.6. The van der Waals surface area contributed by atoms with Gasteiger partial charge in [0.1, 0.15) is 11.3 Å². The molecule has 4 aromatic carbocycles. The zero-order valence-corrected chi connectivity index (χ0v) is 20.8. The molecule has 0 radical (unpaired) electrons. The van der Waals surface area contributed by atoms with Crippen LogP contribution in [0.1, 0.15) is 0 Å². The Labute approximate surface area is 223 Å². The topological polar surface area (TPSA) is 35.6 Å². The standard InChI is InChI=1S/C34H19BN4/c1-2-8-20(9-3-1)21-18-28-30-29(19-21)39-32-23(25-13-7-17-37-34(25)39)11-5-15-27(32)35(30)26-14-4-10-22-24-12-6-16-36-33(24)38(28)31(22)26/h1-19H. The maximum absolute atomic E-state index is 4.93. The van der Waals surface area contributed by atoms with Crippen LogP contribution < -0.4 is 16.4 Å². The van der Waals surface area contributed by atoms with Gasteiger partial charge in [0.15, 0.2) is 0 Å². The summed E-state index contributed by atoms with van der Waals surface area (Å²) in [7, 11) is 0. The van der Waals surface area contributed by atoms with E-state index in [-0.39, 0.29) is 6.71 Å². The van der Waals surface area contributed by atoms with Crippen molar-refractivity contribution in [2.75, 3.05) is 0 Å². The molecule has 2 aliphatic rings. The molecule has 0 N–H and O–H groups in total. The van der Waals surface area contributed by atoms with E-state index in [0.29, 0.717) is 0 Å². The van der Waals surface area contributed by atoms with Crippen LogP contribution >= 0.6 is 0 Å². The Hall–Kier alpha value is -5.16. The molecule has 0 saturated heterocycles. The van der Waals surface area contributed by atoms with E-state index >= 15 is 0 Å². The monoisotopic (exact) mass is 494 g/mol. The maximum atomic E-state index is 4.93. The van der Waals surface area contributed by atoms with Crippen LogP contribution in [0.2, 0.25) is 0 Å². The number of aromatic nitrogens is 4. The molecule has 0 bridgehead atoms. The number of rotatable bonds is 1. The van der Waals surface area contributed by atoms with Crippen LogP contribution in [0.15, 0.2) is 116 Å². The first kappa shape index (κ1) is 19.9. The minimum absolute atomic E-state index is 0.126. The fraction of sp³-hybridized carbons (Fsp3) is 0. The van der Waals surface area contributed by atoms with E-state index in [2.05, 4.69) is 100 Å². The van der Waals surface area contributed by atoms with Crippen molar-refractivity contribution in [3.05, 3.63) is 116 Å². The summed E-state index contributed by atoms with van der Waals surface area (Å²) in [5, 5.41) is 4.90. The molecule has 0 atom stereocenters. The van der Waals surface area contributed by atoms with E-state index in [1.807, 2.05) is 24.5 Å². The van der Waals surface area contributed by atoms with Gasteiger partial charge in [0.2, 0.25) is 0 Å². The van der Waals surface area contributed by atoms with Crippen LogP contribution in [0.4, 0.5) is 0 Å². The SMILES string of the molecule is c1ccc(-c2cc3c4c(c2)-n2c5ncccc5c5cccc(c52)B4c2cccc4c5cccnc5n-3c24)cc1. The van der Waals surface area contributed by atoms with Gasteiger partial charge < -0.3 is 0 Å². The quantitative estimate of drug-likeness (QED) is 0.284. The van der Waals surface area contributed by atoms with Crippen molar-refractivity contribution in [2.24, 2.45) is 0 Å². The van der Waals surface area contributed by atoms with Gasteiger partial charge in [0.05, 0.1) is 11.0 Å². The third-order valence-corrected chi connectivity index (χ3v) is 8.79. The van der Waals surface area contributed by atoms with Gasteiger partial charge in [0.25, 0.3) is 6.71 Å². The fourth-order valence-electron chi connectivity index (χ4n) is 7.34. The molecule has 0 fully saturated rings. The number of pyridine rings is 2. The van der Waals surface area contributed by atoms with Crippen molar-refractivity contribution < 1.29 is 0 Å². The van der Waals surface area contributed by atoms with Crippen molar-refractivity contribution in [3.63, 3.8) is 0 Å². The molecule has 178 valence electrons. The highest BCUT2D eigenvalue weighted by Gasteiger charge is 2.41. The normalized spacial score (nSPS) is 13.1. The Bertz CT molecular complexity index is 2200. The number of hydrogen-bond acceptors (Lipinski definition) is 2.